The summed E-state index contributed by atoms with van der Waals surface area (Å²) >= 11 is 0. The zero-order valence-corrected chi connectivity index (χ0v) is 19.2. The van der Waals surface area contributed by atoms with Crippen molar-refractivity contribution in [3.05, 3.63) is 95.1 Å². The van der Waals surface area contributed by atoms with E-state index in [9.17, 15) is 18.7 Å². The first-order valence-electron chi connectivity index (χ1n) is 11.5. The number of piperazine rings is 1. The molecule has 0 aliphatic carbocycles. The molecular weight excluding hydrogens is 436 g/mol. The Morgan fingerprint density at radius 1 is 0.912 bits per heavy atom. The average Bonchev–Trinajstić information content (AvgIpc) is 2.83. The lowest BCUT2D eigenvalue weighted by molar-refractivity contribution is -0.116. The van der Waals surface area contributed by atoms with Gasteiger partial charge < -0.3 is 15.3 Å². The molecule has 0 unspecified atom stereocenters. The molecule has 0 aromatic heterocycles. The summed E-state index contributed by atoms with van der Waals surface area (Å²) in [6, 6.07) is 17.9. The Labute approximate surface area is 198 Å². The number of benzene rings is 3. The number of carbonyl (C=O) groups is 1. The van der Waals surface area contributed by atoms with E-state index in [1.54, 1.807) is 42.5 Å². The molecule has 0 bridgehead atoms. The number of halogens is 2. The Hall–Kier alpha value is -3.29. The maximum atomic E-state index is 13.5. The number of aromatic hydroxyl groups is 1. The van der Waals surface area contributed by atoms with Crippen molar-refractivity contribution in [2.75, 3.05) is 38.0 Å². The highest BCUT2D eigenvalue weighted by Gasteiger charge is 2.26. The number of phenols is 1. The lowest BCUT2D eigenvalue weighted by atomic mass is 9.96. The highest BCUT2D eigenvalue weighted by molar-refractivity contribution is 5.92. The first-order chi connectivity index (χ1) is 16.4. The van der Waals surface area contributed by atoms with Gasteiger partial charge in [0.25, 0.3) is 0 Å². The van der Waals surface area contributed by atoms with Gasteiger partial charge in [-0.1, -0.05) is 30.3 Å². The van der Waals surface area contributed by atoms with E-state index in [4.69, 9.17) is 0 Å². The molecule has 1 amide bonds. The van der Waals surface area contributed by atoms with Gasteiger partial charge in [0, 0.05) is 39.1 Å². The highest BCUT2D eigenvalue weighted by Crippen LogP contribution is 2.30. The van der Waals surface area contributed by atoms with Crippen molar-refractivity contribution in [3.63, 3.8) is 0 Å². The van der Waals surface area contributed by atoms with E-state index in [0.29, 0.717) is 18.7 Å². The number of nitrogens with one attached hydrogen (secondary N) is 1. The predicted molar refractivity (Wildman–Crippen MR) is 129 cm³/mol. The molecule has 0 spiro atoms. The summed E-state index contributed by atoms with van der Waals surface area (Å²) in [5.41, 5.74) is 3.30. The van der Waals surface area contributed by atoms with Gasteiger partial charge in [0.1, 0.15) is 17.4 Å². The lowest BCUT2D eigenvalue weighted by Crippen LogP contribution is -2.48. The van der Waals surface area contributed by atoms with Gasteiger partial charge in [0.05, 0.1) is 11.7 Å². The van der Waals surface area contributed by atoms with Gasteiger partial charge in [0.15, 0.2) is 0 Å². The van der Waals surface area contributed by atoms with Gasteiger partial charge in [-0.25, -0.2) is 8.78 Å². The minimum Gasteiger partial charge on any atom is -0.506 e. The van der Waals surface area contributed by atoms with E-state index in [0.717, 1.165) is 42.9 Å². The molecule has 0 radical (unpaired) electrons. The van der Waals surface area contributed by atoms with E-state index < -0.39 is 0 Å². The topological polar surface area (TPSA) is 55.8 Å². The predicted octanol–water partition coefficient (Wildman–Crippen LogP) is 4.71. The fourth-order valence-corrected chi connectivity index (χ4v) is 4.37. The quantitative estimate of drug-likeness (QED) is 0.496. The lowest BCUT2D eigenvalue weighted by Gasteiger charge is -2.39. The standard InChI is InChI=1S/C27H29F2N3O2/c1-19-2-11-25(33)24(18-19)30-26(34)12-13-31-14-16-32(17-15-31)27(20-3-7-22(28)8-4-20)21-5-9-23(29)10-6-21/h2-11,18,27,33H,12-17H2,1H3,(H,30,34). The molecule has 4 rings (SSSR count). The van der Waals surface area contributed by atoms with Crippen LogP contribution in [0.1, 0.15) is 29.2 Å². The van der Waals surface area contributed by atoms with Gasteiger partial charge >= 0.3 is 0 Å². The van der Waals surface area contributed by atoms with Crippen molar-refractivity contribution in [1.82, 2.24) is 9.80 Å². The number of rotatable bonds is 7. The molecule has 0 atom stereocenters. The van der Waals surface area contributed by atoms with Crippen LogP contribution in [-0.4, -0.2) is 53.5 Å². The summed E-state index contributed by atoms with van der Waals surface area (Å²) in [5.74, 6) is -0.661. The Balaban J connectivity index is 1.36. The van der Waals surface area contributed by atoms with Crippen LogP contribution in [-0.2, 0) is 4.79 Å². The second kappa shape index (κ2) is 10.8. The maximum Gasteiger partial charge on any atom is 0.225 e. The van der Waals surface area contributed by atoms with Crippen molar-refractivity contribution in [2.45, 2.75) is 19.4 Å². The Kier molecular flexibility index (Phi) is 7.55. The minimum absolute atomic E-state index is 0.0557. The molecule has 1 saturated heterocycles. The second-order valence-corrected chi connectivity index (χ2v) is 8.70. The van der Waals surface area contributed by atoms with E-state index in [2.05, 4.69) is 15.1 Å². The number of aryl methyl sites for hydroxylation is 1. The number of hydrogen-bond acceptors (Lipinski definition) is 4. The van der Waals surface area contributed by atoms with Crippen LogP contribution in [0.3, 0.4) is 0 Å². The van der Waals surface area contributed by atoms with Gasteiger partial charge in [-0.3, -0.25) is 9.69 Å². The molecule has 7 heteroatoms. The number of amides is 1. The smallest absolute Gasteiger partial charge is 0.225 e. The number of carbonyl (C=O) groups excluding carboxylic acids is 1. The fourth-order valence-electron chi connectivity index (χ4n) is 4.37. The fraction of sp³-hybridized carbons (Fsp3) is 0.296. The van der Waals surface area contributed by atoms with Crippen molar-refractivity contribution < 1.29 is 18.7 Å². The molecule has 3 aromatic carbocycles. The molecule has 0 saturated carbocycles. The van der Waals surface area contributed by atoms with Gasteiger partial charge in [-0.15, -0.1) is 0 Å². The molecule has 2 N–H and O–H groups in total. The Morgan fingerprint density at radius 3 is 2.03 bits per heavy atom. The van der Waals surface area contributed by atoms with Crippen molar-refractivity contribution in [3.8, 4) is 5.75 Å². The number of anilines is 1. The number of phenolic OH excluding ortho intramolecular Hbond substituents is 1. The van der Waals surface area contributed by atoms with E-state index in [1.807, 2.05) is 6.92 Å². The molecule has 1 fully saturated rings. The first kappa shape index (κ1) is 23.9. The summed E-state index contributed by atoms with van der Waals surface area (Å²) in [4.78, 5) is 16.9. The average molecular weight is 466 g/mol. The molecular formula is C27H29F2N3O2. The van der Waals surface area contributed by atoms with Crippen LogP contribution in [0.25, 0.3) is 0 Å². The number of hydrogen-bond donors (Lipinski definition) is 2. The van der Waals surface area contributed by atoms with Crippen LogP contribution in [0.5, 0.6) is 5.75 Å². The maximum absolute atomic E-state index is 13.5. The van der Waals surface area contributed by atoms with Gasteiger partial charge in [-0.2, -0.15) is 0 Å². The molecule has 1 aliphatic heterocycles. The Bertz CT molecular complexity index is 1070. The molecule has 1 heterocycles. The highest BCUT2D eigenvalue weighted by atomic mass is 19.1. The van der Waals surface area contributed by atoms with Crippen molar-refractivity contribution in [1.29, 1.82) is 0 Å². The normalized spacial score (nSPS) is 14.9. The monoisotopic (exact) mass is 465 g/mol. The summed E-state index contributed by atoms with van der Waals surface area (Å²) in [5, 5.41) is 12.7. The van der Waals surface area contributed by atoms with E-state index in [-0.39, 0.29) is 29.3 Å². The summed E-state index contributed by atoms with van der Waals surface area (Å²) in [6.07, 6.45) is 0.326. The molecule has 34 heavy (non-hydrogen) atoms. The van der Waals surface area contributed by atoms with Crippen LogP contribution >= 0.6 is 0 Å². The number of nitrogens with zero attached hydrogens (tertiary/aromatic N) is 2. The first-order valence-corrected chi connectivity index (χ1v) is 11.5. The van der Waals surface area contributed by atoms with Crippen molar-refractivity contribution in [2.24, 2.45) is 0 Å². The largest absolute Gasteiger partial charge is 0.506 e. The van der Waals surface area contributed by atoms with Crippen LogP contribution in [0, 0.1) is 18.6 Å². The third kappa shape index (κ3) is 5.98. The van der Waals surface area contributed by atoms with Crippen LogP contribution in [0.2, 0.25) is 0 Å². The molecule has 5 nitrogen and oxygen atoms in total. The summed E-state index contributed by atoms with van der Waals surface area (Å²) < 4.78 is 27.0. The SMILES string of the molecule is Cc1ccc(O)c(NC(=O)CCN2CCN(C(c3ccc(F)cc3)c3ccc(F)cc3)CC2)c1. The van der Waals surface area contributed by atoms with Crippen LogP contribution in [0.4, 0.5) is 14.5 Å². The molecule has 178 valence electrons. The van der Waals surface area contributed by atoms with E-state index in [1.165, 1.54) is 24.3 Å². The zero-order chi connectivity index (χ0) is 24.1. The summed E-state index contributed by atoms with van der Waals surface area (Å²) in [7, 11) is 0. The third-order valence-electron chi connectivity index (χ3n) is 6.22. The Morgan fingerprint density at radius 2 is 1.47 bits per heavy atom. The molecule has 1 aliphatic rings. The van der Waals surface area contributed by atoms with Crippen LogP contribution in [0.15, 0.2) is 66.7 Å². The van der Waals surface area contributed by atoms with Gasteiger partial charge in [0.2, 0.25) is 5.91 Å². The van der Waals surface area contributed by atoms with E-state index >= 15 is 0 Å². The van der Waals surface area contributed by atoms with Gasteiger partial charge in [-0.05, 0) is 60.0 Å². The zero-order valence-electron chi connectivity index (χ0n) is 19.2. The minimum atomic E-state index is -0.288. The molecule has 3 aromatic rings. The second-order valence-electron chi connectivity index (χ2n) is 8.70. The van der Waals surface area contributed by atoms with Crippen LogP contribution < -0.4 is 5.32 Å². The van der Waals surface area contributed by atoms with Crippen molar-refractivity contribution >= 4 is 11.6 Å². The third-order valence-corrected chi connectivity index (χ3v) is 6.22. The summed E-state index contributed by atoms with van der Waals surface area (Å²) in [6.45, 7) is 5.60.